The molecule has 0 aliphatic heterocycles. The molecule has 0 bridgehead atoms. The zero-order valence-electron chi connectivity index (χ0n) is 12.0. The van der Waals surface area contributed by atoms with E-state index < -0.39 is 5.97 Å². The van der Waals surface area contributed by atoms with Crippen LogP contribution < -0.4 is 0 Å². The van der Waals surface area contributed by atoms with Gasteiger partial charge in [-0.25, -0.2) is 0 Å². The number of aliphatic carboxylic acids is 1. The second kappa shape index (κ2) is 9.37. The number of methoxy groups -OCH3 is 1. The molecule has 0 aromatic heterocycles. The SMILES string of the molecule is COCCCCC(=O)N(CC(=O)O)Cc1ccc(Cl)cc1. The summed E-state index contributed by atoms with van der Waals surface area (Å²) in [5, 5.41) is 9.54. The fraction of sp³-hybridized carbons (Fsp3) is 0.467. The van der Waals surface area contributed by atoms with Gasteiger partial charge in [0.1, 0.15) is 6.54 Å². The van der Waals surface area contributed by atoms with Crippen LogP contribution >= 0.6 is 11.6 Å². The highest BCUT2D eigenvalue weighted by Gasteiger charge is 2.16. The molecule has 0 saturated heterocycles. The summed E-state index contributed by atoms with van der Waals surface area (Å²) in [6, 6.07) is 7.02. The van der Waals surface area contributed by atoms with Gasteiger partial charge in [0, 0.05) is 31.7 Å². The minimum Gasteiger partial charge on any atom is -0.480 e. The average Bonchev–Trinajstić information content (AvgIpc) is 2.44. The molecule has 0 fully saturated rings. The standard InChI is InChI=1S/C15H20ClNO4/c1-21-9-3-2-4-14(18)17(11-15(19)20)10-12-5-7-13(16)8-6-12/h5-8H,2-4,9-11H2,1H3,(H,19,20). The summed E-state index contributed by atoms with van der Waals surface area (Å²) >= 11 is 5.81. The molecule has 1 rings (SSSR count). The van der Waals surface area contributed by atoms with Crippen molar-refractivity contribution in [2.24, 2.45) is 0 Å². The van der Waals surface area contributed by atoms with Crippen LogP contribution in [0, 0.1) is 0 Å². The van der Waals surface area contributed by atoms with Crippen LogP contribution in [0.5, 0.6) is 0 Å². The molecule has 0 unspecified atom stereocenters. The van der Waals surface area contributed by atoms with Crippen molar-refractivity contribution in [2.45, 2.75) is 25.8 Å². The summed E-state index contributed by atoms with van der Waals surface area (Å²) in [7, 11) is 1.61. The maximum Gasteiger partial charge on any atom is 0.323 e. The summed E-state index contributed by atoms with van der Waals surface area (Å²) in [6.07, 6.45) is 1.79. The van der Waals surface area contributed by atoms with E-state index in [1.54, 1.807) is 31.4 Å². The van der Waals surface area contributed by atoms with E-state index >= 15 is 0 Å². The lowest BCUT2D eigenvalue weighted by atomic mass is 10.2. The van der Waals surface area contributed by atoms with Gasteiger partial charge in [-0.05, 0) is 30.5 Å². The highest BCUT2D eigenvalue weighted by molar-refractivity contribution is 6.30. The van der Waals surface area contributed by atoms with Gasteiger partial charge in [0.15, 0.2) is 0 Å². The molecule has 1 aromatic carbocycles. The first-order chi connectivity index (χ1) is 10.0. The van der Waals surface area contributed by atoms with Gasteiger partial charge in [0.05, 0.1) is 0 Å². The molecule has 1 amide bonds. The molecule has 21 heavy (non-hydrogen) atoms. The Bertz CT molecular complexity index is 461. The van der Waals surface area contributed by atoms with Crippen molar-refractivity contribution < 1.29 is 19.4 Å². The van der Waals surface area contributed by atoms with E-state index in [4.69, 9.17) is 21.4 Å². The predicted molar refractivity (Wildman–Crippen MR) is 80.2 cm³/mol. The quantitative estimate of drug-likeness (QED) is 0.712. The number of carbonyl (C=O) groups is 2. The van der Waals surface area contributed by atoms with Crippen LogP contribution in [-0.2, 0) is 20.9 Å². The van der Waals surface area contributed by atoms with Crippen LogP contribution in [0.4, 0.5) is 0 Å². The normalized spacial score (nSPS) is 10.4. The summed E-state index contributed by atoms with van der Waals surface area (Å²) in [5.74, 6) is -1.18. The Morgan fingerprint density at radius 2 is 1.90 bits per heavy atom. The largest absolute Gasteiger partial charge is 0.480 e. The molecular weight excluding hydrogens is 294 g/mol. The number of carboxylic acid groups (broad SMARTS) is 1. The van der Waals surface area contributed by atoms with Gasteiger partial charge < -0.3 is 14.7 Å². The van der Waals surface area contributed by atoms with Gasteiger partial charge in [0.2, 0.25) is 5.91 Å². The van der Waals surface area contributed by atoms with E-state index in [-0.39, 0.29) is 19.0 Å². The third-order valence-electron chi connectivity index (χ3n) is 2.95. The molecule has 0 radical (unpaired) electrons. The summed E-state index contributed by atoms with van der Waals surface area (Å²) in [4.78, 5) is 24.4. The maximum atomic E-state index is 12.1. The lowest BCUT2D eigenvalue weighted by molar-refractivity contribution is -0.145. The Hall–Kier alpha value is -1.59. The fourth-order valence-corrected chi connectivity index (χ4v) is 2.01. The topological polar surface area (TPSA) is 66.8 Å². The monoisotopic (exact) mass is 313 g/mol. The minimum atomic E-state index is -1.02. The lowest BCUT2D eigenvalue weighted by Gasteiger charge is -2.21. The Balaban J connectivity index is 2.59. The molecule has 6 heteroatoms. The number of ether oxygens (including phenoxy) is 1. The predicted octanol–water partition coefficient (Wildman–Crippen LogP) is 2.57. The number of rotatable bonds is 9. The molecule has 116 valence electrons. The molecule has 0 aliphatic rings. The third kappa shape index (κ3) is 7.11. The Morgan fingerprint density at radius 3 is 2.48 bits per heavy atom. The Morgan fingerprint density at radius 1 is 1.24 bits per heavy atom. The molecule has 0 heterocycles. The van der Waals surface area contributed by atoms with Crippen molar-refractivity contribution >= 4 is 23.5 Å². The molecular formula is C15H20ClNO4. The Labute approximate surface area is 129 Å². The number of benzene rings is 1. The second-order valence-electron chi connectivity index (χ2n) is 4.72. The van der Waals surface area contributed by atoms with Crippen LogP contribution in [0.25, 0.3) is 0 Å². The van der Waals surface area contributed by atoms with Crippen molar-refractivity contribution in [2.75, 3.05) is 20.3 Å². The van der Waals surface area contributed by atoms with Gasteiger partial charge in [-0.2, -0.15) is 0 Å². The number of halogens is 1. The lowest BCUT2D eigenvalue weighted by Crippen LogP contribution is -2.35. The summed E-state index contributed by atoms with van der Waals surface area (Å²) in [6.45, 7) is 0.571. The number of amides is 1. The van der Waals surface area contributed by atoms with Crippen molar-refractivity contribution in [3.05, 3.63) is 34.9 Å². The first-order valence-electron chi connectivity index (χ1n) is 6.76. The van der Waals surface area contributed by atoms with Crippen molar-refractivity contribution in [3.8, 4) is 0 Å². The van der Waals surface area contributed by atoms with E-state index in [1.165, 1.54) is 4.90 Å². The molecule has 0 atom stereocenters. The Kier molecular flexibility index (Phi) is 7.79. The minimum absolute atomic E-state index is 0.163. The van der Waals surface area contributed by atoms with E-state index in [2.05, 4.69) is 0 Å². The molecule has 1 aromatic rings. The number of carbonyl (C=O) groups excluding carboxylic acids is 1. The fourth-order valence-electron chi connectivity index (χ4n) is 1.89. The van der Waals surface area contributed by atoms with Crippen LogP contribution in [0.2, 0.25) is 5.02 Å². The van der Waals surface area contributed by atoms with E-state index in [0.29, 0.717) is 24.5 Å². The van der Waals surface area contributed by atoms with Gasteiger partial charge in [-0.15, -0.1) is 0 Å². The number of hydrogen-bond donors (Lipinski definition) is 1. The van der Waals surface area contributed by atoms with E-state index in [9.17, 15) is 9.59 Å². The van der Waals surface area contributed by atoms with Gasteiger partial charge >= 0.3 is 5.97 Å². The molecule has 5 nitrogen and oxygen atoms in total. The highest BCUT2D eigenvalue weighted by atomic mass is 35.5. The zero-order valence-corrected chi connectivity index (χ0v) is 12.8. The number of carboxylic acids is 1. The number of unbranched alkanes of at least 4 members (excludes halogenated alkanes) is 1. The first kappa shape index (κ1) is 17.5. The van der Waals surface area contributed by atoms with Gasteiger partial charge in [0.25, 0.3) is 0 Å². The summed E-state index contributed by atoms with van der Waals surface area (Å²) < 4.78 is 4.92. The maximum absolute atomic E-state index is 12.1. The van der Waals surface area contributed by atoms with Gasteiger partial charge in [-0.1, -0.05) is 23.7 Å². The van der Waals surface area contributed by atoms with Crippen molar-refractivity contribution in [3.63, 3.8) is 0 Å². The van der Waals surface area contributed by atoms with Gasteiger partial charge in [-0.3, -0.25) is 9.59 Å². The summed E-state index contributed by atoms with van der Waals surface area (Å²) in [5.41, 5.74) is 0.853. The smallest absolute Gasteiger partial charge is 0.323 e. The molecule has 0 aliphatic carbocycles. The molecule has 0 spiro atoms. The van der Waals surface area contributed by atoms with Crippen molar-refractivity contribution in [1.29, 1.82) is 0 Å². The zero-order chi connectivity index (χ0) is 15.7. The van der Waals surface area contributed by atoms with E-state index in [1.807, 2.05) is 0 Å². The first-order valence-corrected chi connectivity index (χ1v) is 7.13. The number of hydrogen-bond acceptors (Lipinski definition) is 3. The average molecular weight is 314 g/mol. The number of nitrogens with zero attached hydrogens (tertiary/aromatic N) is 1. The molecule has 1 N–H and O–H groups in total. The van der Waals surface area contributed by atoms with Crippen molar-refractivity contribution in [1.82, 2.24) is 4.90 Å². The second-order valence-corrected chi connectivity index (χ2v) is 5.16. The van der Waals surface area contributed by atoms with Crippen LogP contribution in [0.1, 0.15) is 24.8 Å². The van der Waals surface area contributed by atoms with Crippen LogP contribution in [-0.4, -0.2) is 42.1 Å². The van der Waals surface area contributed by atoms with E-state index in [0.717, 1.165) is 12.0 Å². The highest BCUT2D eigenvalue weighted by Crippen LogP contribution is 2.12. The third-order valence-corrected chi connectivity index (χ3v) is 3.21. The van der Waals surface area contributed by atoms with Crippen LogP contribution in [0.15, 0.2) is 24.3 Å². The molecule has 0 saturated carbocycles. The van der Waals surface area contributed by atoms with Crippen LogP contribution in [0.3, 0.4) is 0 Å².